The van der Waals surface area contributed by atoms with Crippen LogP contribution in [0.1, 0.15) is 77.3 Å². The Labute approximate surface area is 347 Å². The van der Waals surface area contributed by atoms with Gasteiger partial charge in [-0.15, -0.1) is 5.06 Å². The number of fused-ring (bicyclic) bond motifs is 2. The monoisotopic (exact) mass is 779 g/mol. The molecule has 2 aromatic rings. The average molecular weight is 780 g/mol. The Morgan fingerprint density at radius 1 is 0.846 bits per heavy atom. The van der Waals surface area contributed by atoms with Gasteiger partial charge in [0, 0.05) is 60.3 Å². The number of hydrogen-bond acceptors (Lipinski definition) is 9. The van der Waals surface area contributed by atoms with Crippen molar-refractivity contribution in [3.63, 3.8) is 0 Å². The van der Waals surface area contributed by atoms with Crippen LogP contribution in [-0.2, 0) is 50.3 Å². The molecule has 0 saturated carbocycles. The molecule has 1 fully saturated rings. The summed E-state index contributed by atoms with van der Waals surface area (Å²) in [6, 6.07) is 9.07. The fraction of sp³-hybridized carbons (Fsp3) is 0.389. The van der Waals surface area contributed by atoms with Crippen LogP contribution in [0.3, 0.4) is 0 Å². The summed E-state index contributed by atoms with van der Waals surface area (Å²) in [6.07, 6.45) is 11.3. The summed E-state index contributed by atoms with van der Waals surface area (Å²) >= 11 is 0. The maximum Gasteiger partial charge on any atom is 1.00 e. The third-order valence-electron chi connectivity index (χ3n) is 9.66. The molecule has 1 saturated heterocycles. The van der Waals surface area contributed by atoms with Crippen molar-refractivity contribution in [2.24, 2.45) is 0 Å². The van der Waals surface area contributed by atoms with Gasteiger partial charge in [-0.3, -0.25) is 18.7 Å². The number of anilines is 1. The maximum absolute atomic E-state index is 12.2. The zero-order valence-electron chi connectivity index (χ0n) is 30.1. The molecule has 2 amide bonds. The van der Waals surface area contributed by atoms with Crippen LogP contribution in [0.2, 0.25) is 0 Å². The number of carbonyl (C=O) groups excluding carboxylic acids is 3. The Morgan fingerprint density at radius 2 is 1.44 bits per heavy atom. The number of benzene rings is 2. The first-order valence-corrected chi connectivity index (χ1v) is 19.4. The summed E-state index contributed by atoms with van der Waals surface area (Å²) < 4.78 is 68.8. The van der Waals surface area contributed by atoms with Crippen LogP contribution in [0.15, 0.2) is 82.3 Å². The molecule has 3 aliphatic heterocycles. The smallest absolute Gasteiger partial charge is 0.344 e. The maximum atomic E-state index is 12.2. The molecule has 5 rings (SSSR count). The Hall–Kier alpha value is -2.80. The van der Waals surface area contributed by atoms with Gasteiger partial charge in [-0.2, -0.15) is 21.4 Å². The minimum atomic E-state index is -4.43. The van der Waals surface area contributed by atoms with Crippen LogP contribution in [0.25, 0.3) is 0 Å². The van der Waals surface area contributed by atoms with Crippen LogP contribution in [0.5, 0.6) is 0 Å². The number of nitrogens with zero attached hydrogens (tertiary/aromatic N) is 3. The second-order valence-electron chi connectivity index (χ2n) is 13.8. The number of imide groups is 1. The zero-order chi connectivity index (χ0) is 37.5. The fourth-order valence-electron chi connectivity index (χ4n) is 6.91. The molecular formula is C36H42KN3O10S2+2. The predicted octanol–water partition coefficient (Wildman–Crippen LogP) is 2.15. The second-order valence-corrected chi connectivity index (χ2v) is 16.6. The van der Waals surface area contributed by atoms with Gasteiger partial charge in [-0.05, 0) is 68.7 Å². The normalized spacial score (nSPS) is 18.9. The molecule has 272 valence electrons. The first kappa shape index (κ1) is 41.9. The first-order chi connectivity index (χ1) is 23.7. The van der Waals surface area contributed by atoms with Crippen LogP contribution < -0.4 is 56.3 Å². The minimum Gasteiger partial charge on any atom is -0.344 e. The molecule has 0 spiro atoms. The molecule has 2 N–H and O–H groups in total. The van der Waals surface area contributed by atoms with Crippen molar-refractivity contribution >= 4 is 55.1 Å². The van der Waals surface area contributed by atoms with Crippen molar-refractivity contribution in [2.75, 3.05) is 18.5 Å². The van der Waals surface area contributed by atoms with Crippen LogP contribution >= 0.6 is 0 Å². The molecular weight excluding hydrogens is 738 g/mol. The van der Waals surface area contributed by atoms with Gasteiger partial charge in [0.1, 0.15) is 7.05 Å². The van der Waals surface area contributed by atoms with Crippen molar-refractivity contribution in [3.05, 3.63) is 83.6 Å². The number of rotatable bonds is 12. The van der Waals surface area contributed by atoms with E-state index >= 15 is 0 Å². The van der Waals surface area contributed by atoms with E-state index < -0.39 is 48.8 Å². The standard InChI is InChI=1S/C36H41N3O10S2.K/c1-35(2)26-22-24(50(43,44)45)15-17-28(26)37(5)30(35)12-8-6-9-13-31-36(3,4)27-23-25(51(46,47)48)16-18-29(27)38(31)21-11-7-10-14-34(42)49-39-32(40)19-20-33(39)41;/h6,8-9,12-13,15-18,22-23H,7,10-11,14,19-21H2,1-5H3,(H-,43,44,45,46,47,48);/q;+1/p+1. The minimum absolute atomic E-state index is 0. The van der Waals surface area contributed by atoms with Crippen molar-refractivity contribution in [1.82, 2.24) is 5.06 Å². The van der Waals surface area contributed by atoms with E-state index in [4.69, 9.17) is 4.84 Å². The summed E-state index contributed by atoms with van der Waals surface area (Å²) in [5, 5.41) is 0.541. The Kier molecular flexibility index (Phi) is 12.8. The third kappa shape index (κ3) is 8.60. The summed E-state index contributed by atoms with van der Waals surface area (Å²) in [4.78, 5) is 42.4. The molecule has 3 heterocycles. The van der Waals surface area contributed by atoms with Crippen LogP contribution in [0, 0.1) is 0 Å². The van der Waals surface area contributed by atoms with Gasteiger partial charge < -0.3 is 9.74 Å². The summed E-state index contributed by atoms with van der Waals surface area (Å²) in [5.74, 6) is -1.71. The van der Waals surface area contributed by atoms with E-state index in [1.165, 1.54) is 24.3 Å². The topological polar surface area (TPSA) is 179 Å². The number of allylic oxidation sites excluding steroid dienone is 6. The van der Waals surface area contributed by atoms with Crippen molar-refractivity contribution in [1.29, 1.82) is 0 Å². The van der Waals surface area contributed by atoms with E-state index in [-0.39, 0.29) is 80.4 Å². The van der Waals surface area contributed by atoms with E-state index in [1.807, 2.05) is 69.7 Å². The van der Waals surface area contributed by atoms with Gasteiger partial charge in [0.25, 0.3) is 32.1 Å². The molecule has 16 heteroatoms. The molecule has 0 aliphatic carbocycles. The number of carbonyl (C=O) groups is 3. The number of hydrogen-bond donors (Lipinski definition) is 2. The summed E-state index contributed by atoms with van der Waals surface area (Å²) in [6.45, 7) is 8.43. The average Bonchev–Trinajstić information content (AvgIpc) is 3.54. The quantitative estimate of drug-likeness (QED) is 0.0806. The molecule has 2 aromatic carbocycles. The van der Waals surface area contributed by atoms with Gasteiger partial charge in [-0.1, -0.05) is 38.5 Å². The van der Waals surface area contributed by atoms with Gasteiger partial charge in [0.15, 0.2) is 5.71 Å². The Morgan fingerprint density at radius 3 is 2.06 bits per heavy atom. The van der Waals surface area contributed by atoms with Crippen molar-refractivity contribution < 1.29 is 101 Å². The van der Waals surface area contributed by atoms with Gasteiger partial charge in [0.05, 0.1) is 15.2 Å². The molecule has 0 aromatic heterocycles. The zero-order valence-corrected chi connectivity index (χ0v) is 34.9. The van der Waals surface area contributed by atoms with Gasteiger partial charge in [-0.25, -0.2) is 4.79 Å². The Bertz CT molecular complexity index is 2140. The van der Waals surface area contributed by atoms with Crippen LogP contribution in [-0.4, -0.2) is 72.7 Å². The third-order valence-corrected chi connectivity index (χ3v) is 11.4. The first-order valence-electron chi connectivity index (χ1n) is 16.5. The predicted molar refractivity (Wildman–Crippen MR) is 189 cm³/mol. The Balaban J connectivity index is 0.00000605. The van der Waals surface area contributed by atoms with E-state index in [0.717, 1.165) is 33.9 Å². The molecule has 52 heavy (non-hydrogen) atoms. The van der Waals surface area contributed by atoms with Gasteiger partial charge >= 0.3 is 57.4 Å². The number of amides is 2. The SMILES string of the molecule is C[N+]1=C(C=CC=CC=C2N(CCCCCC(=O)ON3C(=O)CCC3=O)c3ccc(S(=O)(=O)O)cc3C2(C)C)C(C)(C)c2cc(S(=O)(=O)O)ccc21.[K+]. The van der Waals surface area contributed by atoms with Crippen molar-refractivity contribution in [2.45, 2.75) is 86.8 Å². The molecule has 0 radical (unpaired) electrons. The second kappa shape index (κ2) is 15.9. The molecule has 13 nitrogen and oxygen atoms in total. The van der Waals surface area contributed by atoms with E-state index in [0.29, 0.717) is 30.9 Å². The van der Waals surface area contributed by atoms with E-state index in [1.54, 1.807) is 12.1 Å². The molecule has 0 atom stereocenters. The summed E-state index contributed by atoms with van der Waals surface area (Å²) in [7, 11) is -6.90. The number of hydroxylamine groups is 2. The summed E-state index contributed by atoms with van der Waals surface area (Å²) in [5.41, 5.74) is 3.72. The molecule has 0 bridgehead atoms. The molecule has 0 unspecified atom stereocenters. The van der Waals surface area contributed by atoms with Crippen molar-refractivity contribution in [3.8, 4) is 0 Å². The van der Waals surface area contributed by atoms with E-state index in [2.05, 4.69) is 4.90 Å². The largest absolute Gasteiger partial charge is 1.00 e. The van der Waals surface area contributed by atoms with Crippen LogP contribution in [0.4, 0.5) is 11.4 Å². The molecule has 3 aliphatic rings. The van der Waals surface area contributed by atoms with Gasteiger partial charge in [0.2, 0.25) is 5.69 Å². The fourth-order valence-corrected chi connectivity index (χ4v) is 7.92. The van der Waals surface area contributed by atoms with E-state index in [9.17, 15) is 40.3 Å². The number of unbranched alkanes of at least 4 members (excludes halogenated alkanes) is 2.